The molecule has 0 aliphatic rings. The van der Waals surface area contributed by atoms with E-state index in [4.69, 9.17) is 4.42 Å². The van der Waals surface area contributed by atoms with E-state index in [-0.39, 0.29) is 17.6 Å². The lowest BCUT2D eigenvalue weighted by molar-refractivity contribution is -0.114. The van der Waals surface area contributed by atoms with Gasteiger partial charge in [-0.1, -0.05) is 31.7 Å². The van der Waals surface area contributed by atoms with E-state index in [9.17, 15) is 9.59 Å². The van der Waals surface area contributed by atoms with E-state index in [2.05, 4.69) is 34.7 Å². The Morgan fingerprint density at radius 2 is 1.90 bits per heavy atom. The molecule has 3 aromatic rings. The van der Waals surface area contributed by atoms with Gasteiger partial charge in [0.15, 0.2) is 16.7 Å². The third-order valence-electron chi connectivity index (χ3n) is 3.81. The molecule has 2 aromatic heterocycles. The van der Waals surface area contributed by atoms with Crippen molar-refractivity contribution in [3.8, 4) is 11.6 Å². The molecule has 0 unspecified atom stereocenters. The zero-order valence-corrected chi connectivity index (χ0v) is 17.3. The molecule has 29 heavy (non-hydrogen) atoms. The summed E-state index contributed by atoms with van der Waals surface area (Å²) in [6, 6.07) is 10.6. The van der Waals surface area contributed by atoms with Gasteiger partial charge in [-0.2, -0.15) is 0 Å². The summed E-state index contributed by atoms with van der Waals surface area (Å²) < 4.78 is 7.43. The van der Waals surface area contributed by atoms with Crippen LogP contribution >= 0.6 is 11.8 Å². The van der Waals surface area contributed by atoms with Crippen LogP contribution in [-0.4, -0.2) is 32.3 Å². The molecule has 3 rings (SSSR count). The first kappa shape index (κ1) is 20.7. The highest BCUT2D eigenvalue weighted by Crippen LogP contribution is 2.25. The molecule has 2 heterocycles. The number of benzene rings is 1. The third-order valence-corrected chi connectivity index (χ3v) is 4.77. The van der Waals surface area contributed by atoms with Gasteiger partial charge in [-0.05, 0) is 36.2 Å². The monoisotopic (exact) mass is 413 g/mol. The maximum atomic E-state index is 12.4. The summed E-state index contributed by atoms with van der Waals surface area (Å²) in [4.78, 5) is 23.6. The minimum Gasteiger partial charge on any atom is -0.461 e. The number of hydrogen-bond donors (Lipinski definition) is 2. The second-order valence-corrected chi connectivity index (χ2v) is 7.83. The number of nitrogens with one attached hydrogen (secondary N) is 2. The normalized spacial score (nSPS) is 10.9. The zero-order valence-electron chi connectivity index (χ0n) is 16.5. The number of nitrogens with zero attached hydrogens (tertiary/aromatic N) is 3. The lowest BCUT2D eigenvalue weighted by Crippen LogP contribution is -2.15. The van der Waals surface area contributed by atoms with Crippen molar-refractivity contribution in [1.29, 1.82) is 0 Å². The van der Waals surface area contributed by atoms with Crippen LogP contribution in [0, 0.1) is 5.92 Å². The van der Waals surface area contributed by atoms with Crippen LogP contribution in [0.5, 0.6) is 0 Å². The van der Waals surface area contributed by atoms with E-state index in [1.807, 2.05) is 10.6 Å². The van der Waals surface area contributed by atoms with Crippen LogP contribution in [0.15, 0.2) is 52.2 Å². The molecule has 0 saturated heterocycles. The van der Waals surface area contributed by atoms with Crippen LogP contribution in [-0.2, 0) is 16.1 Å². The van der Waals surface area contributed by atoms with Crippen molar-refractivity contribution in [2.24, 2.45) is 5.92 Å². The Balaban J connectivity index is 1.66. The summed E-state index contributed by atoms with van der Waals surface area (Å²) in [7, 11) is 0. The fourth-order valence-corrected chi connectivity index (χ4v) is 3.47. The highest BCUT2D eigenvalue weighted by molar-refractivity contribution is 7.99. The van der Waals surface area contributed by atoms with Gasteiger partial charge in [0, 0.05) is 24.8 Å². The van der Waals surface area contributed by atoms with Gasteiger partial charge in [-0.15, -0.1) is 10.2 Å². The number of thioether (sulfide) groups is 1. The molecule has 0 fully saturated rings. The fourth-order valence-electron chi connectivity index (χ4n) is 2.72. The lowest BCUT2D eigenvalue weighted by atomic mass is 10.2. The SMILES string of the molecule is CC(=O)Nc1cccc(NC(=O)CSc2nnc(-c3ccco3)n2CC(C)C)c1. The van der Waals surface area contributed by atoms with Gasteiger partial charge >= 0.3 is 0 Å². The third kappa shape index (κ3) is 5.71. The number of furan rings is 1. The topological polar surface area (TPSA) is 102 Å². The molecular formula is C20H23N5O3S. The Morgan fingerprint density at radius 3 is 2.55 bits per heavy atom. The first-order valence-corrected chi connectivity index (χ1v) is 10.2. The van der Waals surface area contributed by atoms with Crippen LogP contribution in [0.2, 0.25) is 0 Å². The van der Waals surface area contributed by atoms with Crippen molar-refractivity contribution in [3.05, 3.63) is 42.7 Å². The van der Waals surface area contributed by atoms with Crippen molar-refractivity contribution in [2.45, 2.75) is 32.5 Å². The van der Waals surface area contributed by atoms with Crippen molar-refractivity contribution in [3.63, 3.8) is 0 Å². The lowest BCUT2D eigenvalue weighted by Gasteiger charge is -2.11. The van der Waals surface area contributed by atoms with Gasteiger partial charge in [-0.25, -0.2) is 0 Å². The molecule has 8 nitrogen and oxygen atoms in total. The minimum absolute atomic E-state index is 0.166. The summed E-state index contributed by atoms with van der Waals surface area (Å²) in [6.45, 7) is 6.36. The molecule has 0 atom stereocenters. The Morgan fingerprint density at radius 1 is 1.14 bits per heavy atom. The molecule has 0 spiro atoms. The fraction of sp³-hybridized carbons (Fsp3) is 0.300. The van der Waals surface area contributed by atoms with Crippen LogP contribution in [0.25, 0.3) is 11.6 Å². The van der Waals surface area contributed by atoms with Crippen LogP contribution in [0.3, 0.4) is 0 Å². The molecule has 0 saturated carbocycles. The smallest absolute Gasteiger partial charge is 0.234 e. The molecule has 9 heteroatoms. The number of carbonyl (C=O) groups is 2. The summed E-state index contributed by atoms with van der Waals surface area (Å²) in [5.74, 6) is 1.51. The van der Waals surface area contributed by atoms with E-state index in [0.29, 0.717) is 40.6 Å². The quantitative estimate of drug-likeness (QED) is 0.543. The Hall–Kier alpha value is -3.07. The molecule has 0 bridgehead atoms. The van der Waals surface area contributed by atoms with E-state index in [0.717, 1.165) is 0 Å². The van der Waals surface area contributed by atoms with E-state index in [1.165, 1.54) is 18.7 Å². The van der Waals surface area contributed by atoms with Gasteiger partial charge in [-0.3, -0.25) is 14.2 Å². The molecule has 2 N–H and O–H groups in total. The Labute approximate surface area is 173 Å². The van der Waals surface area contributed by atoms with Crippen LogP contribution in [0.1, 0.15) is 20.8 Å². The highest BCUT2D eigenvalue weighted by Gasteiger charge is 2.18. The first-order chi connectivity index (χ1) is 13.9. The standard InChI is InChI=1S/C20H23N5O3S/c1-13(2)11-25-19(17-8-5-9-28-17)23-24-20(25)29-12-18(27)22-16-7-4-6-15(10-16)21-14(3)26/h4-10,13H,11-12H2,1-3H3,(H,21,26)(H,22,27). The maximum Gasteiger partial charge on any atom is 0.234 e. The second kappa shape index (κ2) is 9.42. The van der Waals surface area contributed by atoms with Crippen molar-refractivity contribution in [1.82, 2.24) is 14.8 Å². The van der Waals surface area contributed by atoms with E-state index in [1.54, 1.807) is 36.6 Å². The Bertz CT molecular complexity index is 982. The van der Waals surface area contributed by atoms with Crippen molar-refractivity contribution < 1.29 is 14.0 Å². The molecule has 0 aliphatic carbocycles. The molecule has 2 amide bonds. The molecule has 1 aromatic carbocycles. The summed E-state index contributed by atoms with van der Waals surface area (Å²) >= 11 is 1.32. The Kier molecular flexibility index (Phi) is 6.71. The van der Waals surface area contributed by atoms with Crippen molar-refractivity contribution in [2.75, 3.05) is 16.4 Å². The average Bonchev–Trinajstić information content (AvgIpc) is 3.29. The van der Waals surface area contributed by atoms with E-state index < -0.39 is 0 Å². The largest absolute Gasteiger partial charge is 0.461 e. The van der Waals surface area contributed by atoms with Crippen LogP contribution < -0.4 is 10.6 Å². The molecule has 0 radical (unpaired) electrons. The summed E-state index contributed by atoms with van der Waals surface area (Å²) in [5.41, 5.74) is 1.24. The first-order valence-electron chi connectivity index (χ1n) is 9.19. The zero-order chi connectivity index (χ0) is 20.8. The van der Waals surface area contributed by atoms with E-state index >= 15 is 0 Å². The summed E-state index contributed by atoms with van der Waals surface area (Å²) in [5, 5.41) is 14.7. The number of rotatable bonds is 8. The van der Waals surface area contributed by atoms with Gasteiger partial charge in [0.1, 0.15) is 0 Å². The number of aromatic nitrogens is 3. The molecular weight excluding hydrogens is 390 g/mol. The van der Waals surface area contributed by atoms with Gasteiger partial charge in [0.2, 0.25) is 11.8 Å². The maximum absolute atomic E-state index is 12.4. The van der Waals surface area contributed by atoms with Crippen LogP contribution in [0.4, 0.5) is 11.4 Å². The number of anilines is 2. The predicted molar refractivity (Wildman–Crippen MR) is 113 cm³/mol. The van der Waals surface area contributed by atoms with Gasteiger partial charge < -0.3 is 15.1 Å². The number of carbonyl (C=O) groups excluding carboxylic acids is 2. The predicted octanol–water partition coefficient (Wildman–Crippen LogP) is 3.88. The number of hydrogen-bond acceptors (Lipinski definition) is 6. The second-order valence-electron chi connectivity index (χ2n) is 6.89. The van der Waals surface area contributed by atoms with Gasteiger partial charge in [0.05, 0.1) is 12.0 Å². The van der Waals surface area contributed by atoms with Crippen molar-refractivity contribution >= 4 is 35.0 Å². The minimum atomic E-state index is -0.173. The van der Waals surface area contributed by atoms with Gasteiger partial charge in [0.25, 0.3) is 0 Å². The average molecular weight is 414 g/mol. The number of amides is 2. The highest BCUT2D eigenvalue weighted by atomic mass is 32.2. The molecule has 0 aliphatic heterocycles. The summed E-state index contributed by atoms with van der Waals surface area (Å²) in [6.07, 6.45) is 1.60. The molecule has 152 valence electrons.